The maximum atomic E-state index is 4.37. The van der Waals surface area contributed by atoms with E-state index >= 15 is 0 Å². The molecule has 0 radical (unpaired) electrons. The first-order valence-electron chi connectivity index (χ1n) is 8.97. The Morgan fingerprint density at radius 1 is 1.25 bits per heavy atom. The summed E-state index contributed by atoms with van der Waals surface area (Å²) in [6.07, 6.45) is 3.84. The van der Waals surface area contributed by atoms with Gasteiger partial charge in [-0.3, -0.25) is 4.99 Å². The first-order chi connectivity index (χ1) is 11.2. The van der Waals surface area contributed by atoms with E-state index in [-0.39, 0.29) is 30.0 Å². The highest BCUT2D eigenvalue weighted by atomic mass is 127. The molecular formula is C19H33IN4. The number of benzene rings is 1. The van der Waals surface area contributed by atoms with Crippen LogP contribution < -0.4 is 10.6 Å². The number of hydrogen-bond donors (Lipinski definition) is 2. The summed E-state index contributed by atoms with van der Waals surface area (Å²) in [4.78, 5) is 6.95. The van der Waals surface area contributed by atoms with Crippen LogP contribution >= 0.6 is 24.0 Å². The number of halogens is 1. The van der Waals surface area contributed by atoms with Gasteiger partial charge in [0.2, 0.25) is 0 Å². The number of guanidine groups is 1. The van der Waals surface area contributed by atoms with Crippen LogP contribution in [0.1, 0.15) is 44.7 Å². The Balaban J connectivity index is 0.00000288. The summed E-state index contributed by atoms with van der Waals surface area (Å²) in [7, 11) is 1.84. The van der Waals surface area contributed by atoms with Crippen molar-refractivity contribution in [2.24, 2.45) is 10.9 Å². The van der Waals surface area contributed by atoms with Crippen molar-refractivity contribution >= 4 is 29.9 Å². The highest BCUT2D eigenvalue weighted by molar-refractivity contribution is 14.0. The Kier molecular flexibility index (Phi) is 10.3. The fraction of sp³-hybridized carbons (Fsp3) is 0.632. The summed E-state index contributed by atoms with van der Waals surface area (Å²) >= 11 is 0. The topological polar surface area (TPSA) is 39.7 Å². The lowest BCUT2D eigenvalue weighted by Crippen LogP contribution is -2.43. The minimum absolute atomic E-state index is 0. The van der Waals surface area contributed by atoms with Crippen molar-refractivity contribution in [2.45, 2.75) is 39.2 Å². The first kappa shape index (κ1) is 21.2. The zero-order valence-corrected chi connectivity index (χ0v) is 17.6. The number of piperidine rings is 1. The van der Waals surface area contributed by atoms with Crippen molar-refractivity contribution in [3.63, 3.8) is 0 Å². The third-order valence-electron chi connectivity index (χ3n) is 4.68. The molecule has 4 nitrogen and oxygen atoms in total. The van der Waals surface area contributed by atoms with E-state index in [9.17, 15) is 0 Å². The fourth-order valence-corrected chi connectivity index (χ4v) is 3.20. The van der Waals surface area contributed by atoms with Crippen molar-refractivity contribution in [2.75, 3.05) is 33.2 Å². The summed E-state index contributed by atoms with van der Waals surface area (Å²) in [5.74, 6) is 1.66. The molecule has 24 heavy (non-hydrogen) atoms. The number of nitrogens with one attached hydrogen (secondary N) is 2. The lowest BCUT2D eigenvalue weighted by atomic mass is 9.97. The number of rotatable bonds is 6. The van der Waals surface area contributed by atoms with Crippen LogP contribution in [0.3, 0.4) is 0 Å². The van der Waals surface area contributed by atoms with Crippen LogP contribution in [0, 0.1) is 5.92 Å². The number of hydrogen-bond acceptors (Lipinski definition) is 2. The molecule has 1 unspecified atom stereocenters. The van der Waals surface area contributed by atoms with Gasteiger partial charge in [-0.1, -0.05) is 37.3 Å². The standard InChI is InChI=1S/C19H32N4.HI/c1-4-12-23-13-10-17(11-14-23)15-21-19(20-3)22-16(2)18-8-6-5-7-9-18;/h5-9,16-17H,4,10-15H2,1-3H3,(H2,20,21,22);1H. The predicted molar refractivity (Wildman–Crippen MR) is 114 cm³/mol. The smallest absolute Gasteiger partial charge is 0.191 e. The second-order valence-electron chi connectivity index (χ2n) is 6.51. The molecule has 1 aliphatic rings. The van der Waals surface area contributed by atoms with Crippen LogP contribution in [0.25, 0.3) is 0 Å². The van der Waals surface area contributed by atoms with Gasteiger partial charge in [0.1, 0.15) is 0 Å². The Morgan fingerprint density at radius 3 is 2.50 bits per heavy atom. The van der Waals surface area contributed by atoms with Crippen LogP contribution in [-0.4, -0.2) is 44.1 Å². The zero-order valence-electron chi connectivity index (χ0n) is 15.3. The van der Waals surface area contributed by atoms with E-state index in [1.807, 2.05) is 13.1 Å². The van der Waals surface area contributed by atoms with E-state index in [0.29, 0.717) is 0 Å². The lowest BCUT2D eigenvalue weighted by Gasteiger charge is -2.32. The summed E-state index contributed by atoms with van der Waals surface area (Å²) < 4.78 is 0. The molecule has 1 aliphatic heterocycles. The third kappa shape index (κ3) is 6.97. The summed E-state index contributed by atoms with van der Waals surface area (Å²) in [5.41, 5.74) is 1.28. The molecule has 1 fully saturated rings. The van der Waals surface area contributed by atoms with Gasteiger partial charge in [0.15, 0.2) is 5.96 Å². The molecule has 2 rings (SSSR count). The first-order valence-corrected chi connectivity index (χ1v) is 8.97. The minimum atomic E-state index is 0. The predicted octanol–water partition coefficient (Wildman–Crippen LogP) is 3.65. The SMILES string of the molecule is CCCN1CCC(CNC(=NC)NC(C)c2ccccc2)CC1.I. The monoisotopic (exact) mass is 444 g/mol. The van der Waals surface area contributed by atoms with E-state index in [2.05, 4.69) is 58.6 Å². The molecule has 0 aliphatic carbocycles. The van der Waals surface area contributed by atoms with Gasteiger partial charge in [-0.25, -0.2) is 0 Å². The highest BCUT2D eigenvalue weighted by Crippen LogP contribution is 2.16. The quantitative estimate of drug-likeness (QED) is 0.400. The average molecular weight is 444 g/mol. The van der Waals surface area contributed by atoms with Crippen molar-refractivity contribution < 1.29 is 0 Å². The van der Waals surface area contributed by atoms with Crippen molar-refractivity contribution in [3.8, 4) is 0 Å². The maximum absolute atomic E-state index is 4.37. The molecule has 1 saturated heterocycles. The van der Waals surface area contributed by atoms with Gasteiger partial charge in [-0.15, -0.1) is 24.0 Å². The van der Waals surface area contributed by atoms with Crippen LogP contribution in [0.5, 0.6) is 0 Å². The van der Waals surface area contributed by atoms with Crippen LogP contribution in [-0.2, 0) is 0 Å². The van der Waals surface area contributed by atoms with Crippen molar-refractivity contribution in [3.05, 3.63) is 35.9 Å². The average Bonchev–Trinajstić information content (AvgIpc) is 2.60. The van der Waals surface area contributed by atoms with Crippen molar-refractivity contribution in [1.82, 2.24) is 15.5 Å². The maximum Gasteiger partial charge on any atom is 0.191 e. The van der Waals surface area contributed by atoms with Gasteiger partial charge in [-0.05, 0) is 57.3 Å². The molecule has 0 amide bonds. The molecule has 2 N–H and O–H groups in total. The van der Waals surface area contributed by atoms with Crippen molar-refractivity contribution in [1.29, 1.82) is 0 Å². The molecule has 1 aromatic rings. The molecular weight excluding hydrogens is 411 g/mol. The summed E-state index contributed by atoms with van der Waals surface area (Å²) in [6, 6.07) is 10.8. The molecule has 136 valence electrons. The lowest BCUT2D eigenvalue weighted by molar-refractivity contribution is 0.185. The Bertz CT molecular complexity index is 470. The summed E-state index contributed by atoms with van der Waals surface area (Å²) in [6.45, 7) is 9.18. The van der Waals surface area contributed by atoms with Gasteiger partial charge < -0.3 is 15.5 Å². The molecule has 1 atom stereocenters. The Morgan fingerprint density at radius 2 is 1.92 bits per heavy atom. The number of nitrogens with zero attached hydrogens (tertiary/aromatic N) is 2. The highest BCUT2D eigenvalue weighted by Gasteiger charge is 2.18. The molecule has 0 saturated carbocycles. The van der Waals surface area contributed by atoms with Gasteiger partial charge in [0.25, 0.3) is 0 Å². The van der Waals surface area contributed by atoms with E-state index in [1.54, 1.807) is 0 Å². The van der Waals surface area contributed by atoms with E-state index < -0.39 is 0 Å². The number of likely N-dealkylation sites (tertiary alicyclic amines) is 1. The van der Waals surface area contributed by atoms with Gasteiger partial charge >= 0.3 is 0 Å². The van der Waals surface area contributed by atoms with E-state index in [1.165, 1.54) is 44.5 Å². The largest absolute Gasteiger partial charge is 0.356 e. The fourth-order valence-electron chi connectivity index (χ4n) is 3.20. The zero-order chi connectivity index (χ0) is 16.5. The second kappa shape index (κ2) is 11.7. The van der Waals surface area contributed by atoms with E-state index in [4.69, 9.17) is 0 Å². The number of aliphatic imine (C=N–C) groups is 1. The Hall–Kier alpha value is -0.820. The molecule has 1 heterocycles. The van der Waals surface area contributed by atoms with Crippen LogP contribution in [0.15, 0.2) is 35.3 Å². The van der Waals surface area contributed by atoms with E-state index in [0.717, 1.165) is 18.4 Å². The molecule has 0 bridgehead atoms. The molecule has 0 spiro atoms. The van der Waals surface area contributed by atoms with Gasteiger partial charge in [-0.2, -0.15) is 0 Å². The summed E-state index contributed by atoms with van der Waals surface area (Å²) in [5, 5.41) is 6.99. The Labute approximate surface area is 164 Å². The van der Waals surface area contributed by atoms with Crippen LogP contribution in [0.2, 0.25) is 0 Å². The second-order valence-corrected chi connectivity index (χ2v) is 6.51. The normalized spacial score (nSPS) is 17.9. The van der Waals surface area contributed by atoms with Gasteiger partial charge in [0.05, 0.1) is 6.04 Å². The van der Waals surface area contributed by atoms with Gasteiger partial charge in [0, 0.05) is 13.6 Å². The molecule has 0 aromatic heterocycles. The minimum Gasteiger partial charge on any atom is -0.356 e. The van der Waals surface area contributed by atoms with Crippen LogP contribution in [0.4, 0.5) is 0 Å². The molecule has 5 heteroatoms. The third-order valence-corrected chi connectivity index (χ3v) is 4.68. The molecule has 1 aromatic carbocycles.